The number of hydrogen-bond acceptors (Lipinski definition) is 3. The Balaban J connectivity index is 1.41. The van der Waals surface area contributed by atoms with E-state index in [1.54, 1.807) is 12.1 Å². The molecule has 0 amide bonds. The number of carbonyl (C=O) groups is 1. The van der Waals surface area contributed by atoms with Gasteiger partial charge in [-0.05, 0) is 60.4 Å². The van der Waals surface area contributed by atoms with Crippen LogP contribution in [-0.2, 0) is 19.3 Å². The van der Waals surface area contributed by atoms with Crippen LogP contribution < -0.4 is 4.74 Å². The van der Waals surface area contributed by atoms with Crippen molar-refractivity contribution in [3.63, 3.8) is 0 Å². The first kappa shape index (κ1) is 18.7. The number of carboxylic acids is 1. The molecular weight excluding hydrogens is 347 g/mol. The highest BCUT2D eigenvalue weighted by Crippen LogP contribution is 2.16. The van der Waals surface area contributed by atoms with Crippen LogP contribution in [0.15, 0.2) is 65.1 Å². The van der Waals surface area contributed by atoms with Gasteiger partial charge in [0.2, 0.25) is 5.76 Å². The van der Waals surface area contributed by atoms with Crippen molar-refractivity contribution in [1.29, 1.82) is 0 Å². The number of halogens is 1. The van der Waals surface area contributed by atoms with E-state index in [-0.39, 0.29) is 11.6 Å². The third-order valence-corrected chi connectivity index (χ3v) is 4.23. The number of benzene rings is 2. The third-order valence-electron chi connectivity index (χ3n) is 4.23. The summed E-state index contributed by atoms with van der Waals surface area (Å²) >= 11 is 0. The molecule has 0 saturated carbocycles. The Morgan fingerprint density at radius 1 is 0.963 bits per heavy atom. The number of rotatable bonds is 9. The zero-order chi connectivity index (χ0) is 19.1. The van der Waals surface area contributed by atoms with Gasteiger partial charge in [-0.25, -0.2) is 9.18 Å². The number of aryl methyl sites for hydroxylation is 2. The molecule has 0 atom stereocenters. The Morgan fingerprint density at radius 2 is 1.78 bits per heavy atom. The first-order valence-electron chi connectivity index (χ1n) is 8.88. The molecule has 27 heavy (non-hydrogen) atoms. The summed E-state index contributed by atoms with van der Waals surface area (Å²) in [6.45, 7) is 0.493. The molecule has 0 aliphatic heterocycles. The first-order chi connectivity index (χ1) is 13.1. The van der Waals surface area contributed by atoms with Crippen LogP contribution in [0.5, 0.6) is 5.75 Å². The largest absolute Gasteiger partial charge is 0.493 e. The molecule has 1 aromatic heterocycles. The maximum Gasteiger partial charge on any atom is 0.371 e. The fourth-order valence-corrected chi connectivity index (χ4v) is 2.83. The van der Waals surface area contributed by atoms with E-state index in [0.29, 0.717) is 25.2 Å². The maximum absolute atomic E-state index is 13.1. The highest BCUT2D eigenvalue weighted by atomic mass is 19.1. The molecule has 0 fully saturated rings. The minimum atomic E-state index is -1.05. The van der Waals surface area contributed by atoms with Crippen molar-refractivity contribution in [3.8, 4) is 5.75 Å². The second-order valence-corrected chi connectivity index (χ2v) is 6.30. The van der Waals surface area contributed by atoms with Crippen LogP contribution in [-0.4, -0.2) is 17.7 Å². The molecule has 2 aromatic carbocycles. The molecule has 0 unspecified atom stereocenters. The summed E-state index contributed by atoms with van der Waals surface area (Å²) < 4.78 is 24.1. The minimum Gasteiger partial charge on any atom is -0.493 e. The zero-order valence-corrected chi connectivity index (χ0v) is 14.9. The van der Waals surface area contributed by atoms with Crippen LogP contribution in [0.1, 0.15) is 33.9 Å². The van der Waals surface area contributed by atoms with Gasteiger partial charge in [0.05, 0.1) is 6.61 Å². The lowest BCUT2D eigenvalue weighted by molar-refractivity contribution is 0.0660. The fraction of sp³-hybridized carbons (Fsp3) is 0.227. The van der Waals surface area contributed by atoms with Crippen molar-refractivity contribution in [1.82, 2.24) is 0 Å². The molecule has 0 aliphatic carbocycles. The molecule has 0 spiro atoms. The summed E-state index contributed by atoms with van der Waals surface area (Å²) in [5, 5.41) is 8.84. The Labute approximate surface area is 157 Å². The lowest BCUT2D eigenvalue weighted by Crippen LogP contribution is -2.01. The molecule has 0 saturated heterocycles. The summed E-state index contributed by atoms with van der Waals surface area (Å²) in [7, 11) is 0. The molecule has 5 heteroatoms. The molecule has 3 rings (SSSR count). The van der Waals surface area contributed by atoms with Crippen LogP contribution in [0.3, 0.4) is 0 Å². The number of hydrogen-bond donors (Lipinski definition) is 1. The quantitative estimate of drug-likeness (QED) is 0.583. The van der Waals surface area contributed by atoms with Crippen molar-refractivity contribution in [2.75, 3.05) is 6.61 Å². The van der Waals surface area contributed by atoms with Crippen LogP contribution in [0, 0.1) is 5.82 Å². The number of ether oxygens (including phenoxy) is 1. The Hall–Kier alpha value is -3.08. The number of aromatic carboxylic acids is 1. The molecule has 140 valence electrons. The summed E-state index contributed by atoms with van der Waals surface area (Å²) in [4.78, 5) is 10.8. The van der Waals surface area contributed by atoms with Crippen molar-refractivity contribution in [3.05, 3.63) is 89.1 Å². The van der Waals surface area contributed by atoms with Crippen molar-refractivity contribution >= 4 is 5.97 Å². The standard InChI is InChI=1S/C22H21FO4/c23-18-5-1-4-17(15-18)13-14-26-19-9-7-16(8-10-19)3-2-6-20-11-12-21(27-20)22(24)25/h1,4-5,7-12,15H,2-3,6,13-14H2,(H,24,25). The topological polar surface area (TPSA) is 59.7 Å². The van der Waals surface area contributed by atoms with Gasteiger partial charge in [-0.2, -0.15) is 0 Å². The summed E-state index contributed by atoms with van der Waals surface area (Å²) in [5.74, 6) is 0.168. The fourth-order valence-electron chi connectivity index (χ4n) is 2.83. The first-order valence-corrected chi connectivity index (χ1v) is 8.88. The van der Waals surface area contributed by atoms with Gasteiger partial charge in [-0.15, -0.1) is 0 Å². The predicted octanol–water partition coefficient (Wildman–Crippen LogP) is 4.91. The molecule has 0 radical (unpaired) electrons. The van der Waals surface area contributed by atoms with Crippen LogP contribution in [0.25, 0.3) is 0 Å². The highest BCUT2D eigenvalue weighted by Gasteiger charge is 2.08. The van der Waals surface area contributed by atoms with E-state index in [1.807, 2.05) is 30.3 Å². The smallest absolute Gasteiger partial charge is 0.371 e. The van der Waals surface area contributed by atoms with Gasteiger partial charge >= 0.3 is 5.97 Å². The van der Waals surface area contributed by atoms with E-state index < -0.39 is 5.97 Å². The van der Waals surface area contributed by atoms with Gasteiger partial charge in [-0.1, -0.05) is 24.3 Å². The second kappa shape index (κ2) is 9.03. The lowest BCUT2D eigenvalue weighted by atomic mass is 10.1. The van der Waals surface area contributed by atoms with Gasteiger partial charge in [0.25, 0.3) is 0 Å². The molecule has 1 N–H and O–H groups in total. The summed E-state index contributed by atoms with van der Waals surface area (Å²) in [6.07, 6.45) is 3.08. The van der Waals surface area contributed by atoms with E-state index in [0.717, 1.165) is 24.2 Å². The molecular formula is C22H21FO4. The van der Waals surface area contributed by atoms with Gasteiger partial charge < -0.3 is 14.3 Å². The van der Waals surface area contributed by atoms with E-state index in [4.69, 9.17) is 14.3 Å². The van der Waals surface area contributed by atoms with Crippen molar-refractivity contribution in [2.24, 2.45) is 0 Å². The summed E-state index contributed by atoms with van der Waals surface area (Å²) in [6, 6.07) is 17.6. The van der Waals surface area contributed by atoms with Crippen LogP contribution in [0.4, 0.5) is 4.39 Å². The number of carboxylic acid groups (broad SMARTS) is 1. The normalized spacial score (nSPS) is 10.7. The average Bonchev–Trinajstić information content (AvgIpc) is 3.12. The Bertz CT molecular complexity index is 883. The third kappa shape index (κ3) is 5.71. The second-order valence-electron chi connectivity index (χ2n) is 6.30. The predicted molar refractivity (Wildman–Crippen MR) is 99.7 cm³/mol. The lowest BCUT2D eigenvalue weighted by Gasteiger charge is -2.07. The zero-order valence-electron chi connectivity index (χ0n) is 14.9. The van der Waals surface area contributed by atoms with Crippen molar-refractivity contribution in [2.45, 2.75) is 25.7 Å². The van der Waals surface area contributed by atoms with Gasteiger partial charge in [0, 0.05) is 12.8 Å². The Morgan fingerprint density at radius 3 is 2.48 bits per heavy atom. The molecule has 0 aliphatic rings. The highest BCUT2D eigenvalue weighted by molar-refractivity contribution is 5.84. The monoisotopic (exact) mass is 368 g/mol. The SMILES string of the molecule is O=C(O)c1ccc(CCCc2ccc(OCCc3cccc(F)c3)cc2)o1. The Kier molecular flexibility index (Phi) is 6.26. The van der Waals surface area contributed by atoms with Crippen LogP contribution >= 0.6 is 0 Å². The van der Waals surface area contributed by atoms with Gasteiger partial charge in [0.15, 0.2) is 0 Å². The molecule has 4 nitrogen and oxygen atoms in total. The van der Waals surface area contributed by atoms with Gasteiger partial charge in [0.1, 0.15) is 17.3 Å². The summed E-state index contributed by atoms with van der Waals surface area (Å²) in [5.41, 5.74) is 2.09. The average molecular weight is 368 g/mol. The van der Waals surface area contributed by atoms with E-state index >= 15 is 0 Å². The number of furan rings is 1. The molecule has 0 bridgehead atoms. The van der Waals surface area contributed by atoms with Gasteiger partial charge in [-0.3, -0.25) is 0 Å². The molecule has 1 heterocycles. The van der Waals surface area contributed by atoms with Crippen molar-refractivity contribution < 1.29 is 23.4 Å². The minimum absolute atomic E-state index is 0.0234. The molecule has 3 aromatic rings. The maximum atomic E-state index is 13.1. The van der Waals surface area contributed by atoms with Crippen LogP contribution in [0.2, 0.25) is 0 Å². The van der Waals surface area contributed by atoms with E-state index in [2.05, 4.69) is 0 Å². The van der Waals surface area contributed by atoms with E-state index in [1.165, 1.54) is 23.8 Å². The van der Waals surface area contributed by atoms with E-state index in [9.17, 15) is 9.18 Å².